The highest BCUT2D eigenvalue weighted by atomic mass is 19.3. The Morgan fingerprint density at radius 2 is 2.28 bits per heavy atom. The number of ether oxygens (including phenoxy) is 3. The molecular formula is C12H14F2O4. The summed E-state index contributed by atoms with van der Waals surface area (Å²) in [4.78, 5) is 0. The minimum Gasteiger partial charge on any atom is -0.484 e. The molecule has 0 saturated carbocycles. The van der Waals surface area contributed by atoms with Gasteiger partial charge in [-0.05, 0) is 6.07 Å². The summed E-state index contributed by atoms with van der Waals surface area (Å²) in [5, 5.41) is 9.11. The molecule has 0 bridgehead atoms. The van der Waals surface area contributed by atoms with Crippen molar-refractivity contribution in [2.75, 3.05) is 13.2 Å². The number of rotatable bonds is 5. The number of hydrogen-bond donors (Lipinski definition) is 1. The summed E-state index contributed by atoms with van der Waals surface area (Å²) >= 11 is 0. The van der Waals surface area contributed by atoms with E-state index in [1.54, 1.807) is 6.07 Å². The number of benzene rings is 1. The fraction of sp³-hybridized carbons (Fsp3) is 0.500. The number of aliphatic hydroxyl groups is 1. The van der Waals surface area contributed by atoms with Crippen LogP contribution in [0.3, 0.4) is 0 Å². The van der Waals surface area contributed by atoms with E-state index >= 15 is 0 Å². The predicted octanol–water partition coefficient (Wildman–Crippen LogP) is 1.95. The first-order valence-corrected chi connectivity index (χ1v) is 5.62. The average Bonchev–Trinajstić information content (AvgIpc) is 2.83. The Morgan fingerprint density at radius 1 is 1.44 bits per heavy atom. The normalized spacial score (nSPS) is 19.2. The largest absolute Gasteiger partial charge is 0.484 e. The van der Waals surface area contributed by atoms with E-state index in [4.69, 9.17) is 14.6 Å². The molecule has 1 fully saturated rings. The smallest absolute Gasteiger partial charge is 0.387 e. The Kier molecular flexibility index (Phi) is 4.33. The van der Waals surface area contributed by atoms with Gasteiger partial charge in [-0.15, -0.1) is 0 Å². The lowest BCUT2D eigenvalue weighted by atomic mass is 10.2. The van der Waals surface area contributed by atoms with Gasteiger partial charge in [0.1, 0.15) is 6.10 Å². The van der Waals surface area contributed by atoms with Gasteiger partial charge in [0.25, 0.3) is 0 Å². The Balaban J connectivity index is 2.20. The van der Waals surface area contributed by atoms with Gasteiger partial charge in [-0.2, -0.15) is 8.78 Å². The summed E-state index contributed by atoms with van der Waals surface area (Å²) in [5.41, 5.74) is 0.270. The van der Waals surface area contributed by atoms with E-state index in [0.717, 1.165) is 0 Å². The highest BCUT2D eigenvalue weighted by molar-refractivity contribution is 5.46. The average molecular weight is 260 g/mol. The van der Waals surface area contributed by atoms with Crippen LogP contribution in [0.15, 0.2) is 18.2 Å². The molecule has 0 aliphatic carbocycles. The van der Waals surface area contributed by atoms with Gasteiger partial charge in [0, 0.05) is 12.0 Å². The maximum atomic E-state index is 12.3. The van der Waals surface area contributed by atoms with Gasteiger partial charge in [0.2, 0.25) is 0 Å². The standard InChI is InChI=1S/C12H14F2O4/c13-12(14)18-11-8(6-15)2-1-3-10(11)17-9-4-5-16-7-9/h1-3,9,12,15H,4-7H2. The fourth-order valence-electron chi connectivity index (χ4n) is 1.79. The van der Waals surface area contributed by atoms with Crippen molar-refractivity contribution in [2.45, 2.75) is 25.7 Å². The topological polar surface area (TPSA) is 47.9 Å². The first-order chi connectivity index (χ1) is 8.70. The van der Waals surface area contributed by atoms with Crippen LogP contribution in [-0.2, 0) is 11.3 Å². The molecule has 1 aliphatic rings. The maximum absolute atomic E-state index is 12.3. The van der Waals surface area contributed by atoms with Crippen LogP contribution >= 0.6 is 0 Å². The molecule has 1 aromatic carbocycles. The first kappa shape index (κ1) is 13.0. The minimum atomic E-state index is -2.96. The van der Waals surface area contributed by atoms with Crippen molar-refractivity contribution in [1.82, 2.24) is 0 Å². The van der Waals surface area contributed by atoms with Gasteiger partial charge < -0.3 is 19.3 Å². The van der Waals surface area contributed by atoms with E-state index in [2.05, 4.69) is 4.74 Å². The van der Waals surface area contributed by atoms with Crippen molar-refractivity contribution in [1.29, 1.82) is 0 Å². The first-order valence-electron chi connectivity index (χ1n) is 5.62. The third-order valence-electron chi connectivity index (χ3n) is 2.62. The number of alkyl halides is 2. The predicted molar refractivity (Wildman–Crippen MR) is 58.8 cm³/mol. The lowest BCUT2D eigenvalue weighted by Gasteiger charge is -2.17. The van der Waals surface area contributed by atoms with Crippen LogP contribution in [-0.4, -0.2) is 31.0 Å². The van der Waals surface area contributed by atoms with Crippen molar-refractivity contribution in [2.24, 2.45) is 0 Å². The van der Waals surface area contributed by atoms with E-state index in [1.165, 1.54) is 12.1 Å². The second kappa shape index (κ2) is 5.97. The molecule has 100 valence electrons. The number of aliphatic hydroxyl groups excluding tert-OH is 1. The Hall–Kier alpha value is -1.40. The van der Waals surface area contributed by atoms with Crippen molar-refractivity contribution in [3.05, 3.63) is 23.8 Å². The molecule has 0 amide bonds. The zero-order valence-electron chi connectivity index (χ0n) is 9.64. The van der Waals surface area contributed by atoms with Gasteiger partial charge in [0.05, 0.1) is 19.8 Å². The second-order valence-corrected chi connectivity index (χ2v) is 3.88. The summed E-state index contributed by atoms with van der Waals surface area (Å²) < 4.78 is 39.8. The Morgan fingerprint density at radius 3 is 2.89 bits per heavy atom. The van der Waals surface area contributed by atoms with Crippen LogP contribution in [0, 0.1) is 0 Å². The van der Waals surface area contributed by atoms with E-state index in [1.807, 2.05) is 0 Å². The second-order valence-electron chi connectivity index (χ2n) is 3.88. The highest BCUT2D eigenvalue weighted by Crippen LogP contribution is 2.34. The van der Waals surface area contributed by atoms with Gasteiger partial charge >= 0.3 is 6.61 Å². The molecule has 6 heteroatoms. The molecule has 4 nitrogen and oxygen atoms in total. The summed E-state index contributed by atoms with van der Waals surface area (Å²) in [7, 11) is 0. The zero-order valence-corrected chi connectivity index (χ0v) is 9.64. The van der Waals surface area contributed by atoms with E-state index in [-0.39, 0.29) is 29.8 Å². The lowest BCUT2D eigenvalue weighted by Crippen LogP contribution is -2.17. The van der Waals surface area contributed by atoms with Crippen LogP contribution in [0.5, 0.6) is 11.5 Å². The molecule has 18 heavy (non-hydrogen) atoms. The van der Waals surface area contributed by atoms with Gasteiger partial charge in [0.15, 0.2) is 11.5 Å². The van der Waals surface area contributed by atoms with Gasteiger partial charge in [-0.1, -0.05) is 12.1 Å². The van der Waals surface area contributed by atoms with Crippen molar-refractivity contribution < 1.29 is 28.1 Å². The molecule has 1 unspecified atom stereocenters. The summed E-state index contributed by atoms with van der Waals surface area (Å²) in [5.74, 6) is 0.0965. The minimum absolute atomic E-state index is 0.109. The van der Waals surface area contributed by atoms with Crippen LogP contribution in [0.2, 0.25) is 0 Å². The summed E-state index contributed by atoms with van der Waals surface area (Å²) in [6.07, 6.45) is 0.538. The molecule has 1 saturated heterocycles. The van der Waals surface area contributed by atoms with Crippen LogP contribution in [0.1, 0.15) is 12.0 Å². The third-order valence-corrected chi connectivity index (χ3v) is 2.62. The van der Waals surface area contributed by atoms with Crippen molar-refractivity contribution >= 4 is 0 Å². The van der Waals surface area contributed by atoms with E-state index in [9.17, 15) is 8.78 Å². The molecule has 0 spiro atoms. The van der Waals surface area contributed by atoms with Gasteiger partial charge in [-0.3, -0.25) is 0 Å². The fourth-order valence-corrected chi connectivity index (χ4v) is 1.79. The summed E-state index contributed by atoms with van der Waals surface area (Å²) in [6, 6.07) is 4.67. The maximum Gasteiger partial charge on any atom is 0.387 e. The molecular weight excluding hydrogens is 246 g/mol. The van der Waals surface area contributed by atoms with Crippen LogP contribution < -0.4 is 9.47 Å². The Labute approximate surface area is 103 Å². The van der Waals surface area contributed by atoms with E-state index < -0.39 is 6.61 Å². The third kappa shape index (κ3) is 3.08. The molecule has 1 aliphatic heterocycles. The van der Waals surface area contributed by atoms with Crippen molar-refractivity contribution in [3.63, 3.8) is 0 Å². The van der Waals surface area contributed by atoms with Crippen molar-refractivity contribution in [3.8, 4) is 11.5 Å². The number of hydrogen-bond acceptors (Lipinski definition) is 4. The molecule has 0 aromatic heterocycles. The molecule has 1 heterocycles. The highest BCUT2D eigenvalue weighted by Gasteiger charge is 2.21. The number of halogens is 2. The molecule has 1 aromatic rings. The molecule has 1 N–H and O–H groups in total. The monoisotopic (exact) mass is 260 g/mol. The zero-order chi connectivity index (χ0) is 13.0. The van der Waals surface area contributed by atoms with Crippen LogP contribution in [0.4, 0.5) is 8.78 Å². The lowest BCUT2D eigenvalue weighted by molar-refractivity contribution is -0.0532. The van der Waals surface area contributed by atoms with Gasteiger partial charge in [-0.25, -0.2) is 0 Å². The van der Waals surface area contributed by atoms with E-state index in [0.29, 0.717) is 19.6 Å². The molecule has 1 atom stereocenters. The summed E-state index contributed by atoms with van der Waals surface area (Å²) in [6.45, 7) is -2.33. The number of para-hydroxylation sites is 1. The quantitative estimate of drug-likeness (QED) is 0.879. The molecule has 2 rings (SSSR count). The Bertz CT molecular complexity index is 392. The SMILES string of the molecule is OCc1cccc(OC2CCOC2)c1OC(F)F. The molecule has 0 radical (unpaired) electrons. The van der Waals surface area contributed by atoms with Crippen LogP contribution in [0.25, 0.3) is 0 Å².